The number of carbonyl (C=O) groups is 2. The molecule has 0 unspecified atom stereocenters. The van der Waals surface area contributed by atoms with Crippen molar-refractivity contribution in [3.8, 4) is 0 Å². The average molecular weight is 426 g/mol. The fourth-order valence-corrected chi connectivity index (χ4v) is 2.63. The van der Waals surface area contributed by atoms with E-state index in [1.165, 1.54) is 0 Å². The van der Waals surface area contributed by atoms with E-state index in [2.05, 4.69) is 15.7 Å². The van der Waals surface area contributed by atoms with Crippen LogP contribution >= 0.6 is 0 Å². The van der Waals surface area contributed by atoms with Crippen LogP contribution in [0.3, 0.4) is 0 Å². The summed E-state index contributed by atoms with van der Waals surface area (Å²) < 4.78 is 5.28. The minimum atomic E-state index is -0.630. The number of nitrogens with two attached hydrogens (primary N) is 1. The van der Waals surface area contributed by atoms with Gasteiger partial charge in [0.1, 0.15) is 11.4 Å². The van der Waals surface area contributed by atoms with Crippen LogP contribution in [0.25, 0.3) is 0 Å². The summed E-state index contributed by atoms with van der Waals surface area (Å²) in [6.07, 6.45) is -0.593. The quantitative estimate of drug-likeness (QED) is 0.358. The molecule has 8 heteroatoms. The zero-order valence-corrected chi connectivity index (χ0v) is 18.5. The van der Waals surface area contributed by atoms with Crippen LogP contribution in [0.2, 0.25) is 0 Å². The Kier molecular flexibility index (Phi) is 8.57. The van der Waals surface area contributed by atoms with Gasteiger partial charge in [-0.05, 0) is 57.5 Å². The highest BCUT2D eigenvalue weighted by Crippen LogP contribution is 2.13. The van der Waals surface area contributed by atoms with E-state index in [1.54, 1.807) is 50.0 Å². The Labute approximate surface area is 183 Å². The third kappa shape index (κ3) is 8.10. The Morgan fingerprint density at radius 2 is 1.71 bits per heavy atom. The SMILES string of the molecule is CCN(/N=C(\CNC(=O)OC(C)(C)C)NC(=O)c1ccc(CN)cc1)c1ccccc1. The smallest absolute Gasteiger partial charge is 0.408 e. The molecule has 2 aromatic rings. The standard InChI is InChI=1S/C23H31N5O3/c1-5-28(19-9-7-6-8-10-19)27-20(16-25-22(30)31-23(2,3)4)26-21(29)18-13-11-17(15-24)12-14-18/h6-14H,5,15-16,24H2,1-4H3,(H,25,30)(H,26,27,29). The number of carbonyl (C=O) groups excluding carboxylic acids is 2. The first kappa shape index (κ1) is 23.9. The first-order valence-corrected chi connectivity index (χ1v) is 10.2. The van der Waals surface area contributed by atoms with Gasteiger partial charge in [-0.15, -0.1) is 0 Å². The molecule has 4 N–H and O–H groups in total. The number of rotatable bonds is 7. The molecular weight excluding hydrogens is 394 g/mol. The molecule has 0 spiro atoms. The van der Waals surface area contributed by atoms with Crippen molar-refractivity contribution in [2.24, 2.45) is 10.8 Å². The molecule has 0 saturated heterocycles. The molecule has 0 aliphatic rings. The second-order valence-corrected chi connectivity index (χ2v) is 7.81. The summed E-state index contributed by atoms with van der Waals surface area (Å²) in [6.45, 7) is 8.25. The Bertz CT molecular complexity index is 890. The summed E-state index contributed by atoms with van der Waals surface area (Å²) in [5.74, 6) is -0.0538. The van der Waals surface area contributed by atoms with Crippen molar-refractivity contribution in [2.75, 3.05) is 18.1 Å². The number of hydrogen-bond donors (Lipinski definition) is 3. The third-order valence-electron chi connectivity index (χ3n) is 4.10. The molecule has 0 atom stereocenters. The molecule has 2 amide bonds. The van der Waals surface area contributed by atoms with Crippen LogP contribution in [0.15, 0.2) is 59.7 Å². The first-order valence-electron chi connectivity index (χ1n) is 10.2. The number of nitrogens with one attached hydrogen (secondary N) is 2. The number of amides is 2. The molecule has 8 nitrogen and oxygen atoms in total. The number of benzene rings is 2. The molecule has 31 heavy (non-hydrogen) atoms. The molecule has 0 saturated carbocycles. The fourth-order valence-electron chi connectivity index (χ4n) is 2.63. The monoisotopic (exact) mass is 425 g/mol. The number of para-hydroxylation sites is 1. The van der Waals surface area contributed by atoms with Gasteiger partial charge in [-0.3, -0.25) is 9.80 Å². The minimum absolute atomic E-state index is 0.00906. The predicted octanol–water partition coefficient (Wildman–Crippen LogP) is 3.24. The second kappa shape index (κ2) is 11.1. The van der Waals surface area contributed by atoms with Gasteiger partial charge in [-0.1, -0.05) is 30.3 Å². The highest BCUT2D eigenvalue weighted by molar-refractivity contribution is 6.07. The van der Waals surface area contributed by atoms with Crippen LogP contribution in [0, 0.1) is 0 Å². The normalized spacial score (nSPS) is 11.6. The molecule has 0 heterocycles. The number of hydrazone groups is 1. The lowest BCUT2D eigenvalue weighted by Gasteiger charge is -2.22. The number of nitrogens with zero attached hydrogens (tertiary/aromatic N) is 2. The van der Waals surface area contributed by atoms with Crippen LogP contribution in [0.1, 0.15) is 43.6 Å². The Balaban J connectivity index is 2.21. The number of amidine groups is 1. The zero-order valence-electron chi connectivity index (χ0n) is 18.5. The van der Waals surface area contributed by atoms with E-state index in [9.17, 15) is 9.59 Å². The van der Waals surface area contributed by atoms with Crippen molar-refractivity contribution < 1.29 is 14.3 Å². The van der Waals surface area contributed by atoms with E-state index in [4.69, 9.17) is 10.5 Å². The number of hydrogen-bond acceptors (Lipinski definition) is 6. The van der Waals surface area contributed by atoms with Gasteiger partial charge in [0.05, 0.1) is 12.2 Å². The Morgan fingerprint density at radius 3 is 2.26 bits per heavy atom. The summed E-state index contributed by atoms with van der Waals surface area (Å²) >= 11 is 0. The topological polar surface area (TPSA) is 109 Å². The van der Waals surface area contributed by atoms with E-state index < -0.39 is 11.7 Å². The number of ether oxygens (including phenoxy) is 1. The van der Waals surface area contributed by atoms with Crippen molar-refractivity contribution in [2.45, 2.75) is 39.8 Å². The van der Waals surface area contributed by atoms with Gasteiger partial charge in [0.2, 0.25) is 0 Å². The fraction of sp³-hybridized carbons (Fsp3) is 0.348. The predicted molar refractivity (Wildman–Crippen MR) is 123 cm³/mol. The van der Waals surface area contributed by atoms with Gasteiger partial charge in [0.25, 0.3) is 5.91 Å². The molecule has 0 bridgehead atoms. The van der Waals surface area contributed by atoms with Crippen molar-refractivity contribution in [1.82, 2.24) is 10.6 Å². The molecule has 0 aliphatic heterocycles. The summed E-state index contributed by atoms with van der Waals surface area (Å²) in [6, 6.07) is 16.6. The van der Waals surface area contributed by atoms with Crippen molar-refractivity contribution >= 4 is 23.5 Å². The number of alkyl carbamates (subject to hydrolysis) is 1. The lowest BCUT2D eigenvalue weighted by molar-refractivity contribution is 0.0535. The van der Waals surface area contributed by atoms with E-state index in [1.807, 2.05) is 37.3 Å². The minimum Gasteiger partial charge on any atom is -0.444 e. The molecule has 2 aromatic carbocycles. The van der Waals surface area contributed by atoms with Gasteiger partial charge in [0, 0.05) is 18.7 Å². The van der Waals surface area contributed by atoms with Gasteiger partial charge in [-0.25, -0.2) is 4.79 Å². The zero-order chi connectivity index (χ0) is 22.9. The first-order chi connectivity index (χ1) is 14.7. The van der Waals surface area contributed by atoms with Crippen molar-refractivity contribution in [3.63, 3.8) is 0 Å². The van der Waals surface area contributed by atoms with Gasteiger partial charge in [-0.2, -0.15) is 5.10 Å². The van der Waals surface area contributed by atoms with Gasteiger partial charge >= 0.3 is 6.09 Å². The molecule has 0 aliphatic carbocycles. The molecular formula is C23H31N5O3. The van der Waals surface area contributed by atoms with Crippen LogP contribution in [0.4, 0.5) is 10.5 Å². The van der Waals surface area contributed by atoms with Crippen LogP contribution in [-0.2, 0) is 11.3 Å². The molecule has 166 valence electrons. The van der Waals surface area contributed by atoms with E-state index in [0.717, 1.165) is 11.3 Å². The summed E-state index contributed by atoms with van der Waals surface area (Å²) in [7, 11) is 0. The van der Waals surface area contributed by atoms with Gasteiger partial charge in [0.15, 0.2) is 0 Å². The Morgan fingerprint density at radius 1 is 1.06 bits per heavy atom. The van der Waals surface area contributed by atoms with Crippen molar-refractivity contribution in [1.29, 1.82) is 0 Å². The lowest BCUT2D eigenvalue weighted by atomic mass is 10.1. The van der Waals surface area contributed by atoms with E-state index >= 15 is 0 Å². The lowest BCUT2D eigenvalue weighted by Crippen LogP contribution is -2.43. The largest absolute Gasteiger partial charge is 0.444 e. The highest BCUT2D eigenvalue weighted by Gasteiger charge is 2.18. The highest BCUT2D eigenvalue weighted by atomic mass is 16.6. The van der Waals surface area contributed by atoms with Crippen LogP contribution in [-0.4, -0.2) is 36.5 Å². The van der Waals surface area contributed by atoms with Gasteiger partial charge < -0.3 is 21.1 Å². The average Bonchev–Trinajstić information content (AvgIpc) is 2.75. The maximum absolute atomic E-state index is 12.7. The molecule has 2 rings (SSSR count). The van der Waals surface area contributed by atoms with Crippen molar-refractivity contribution in [3.05, 3.63) is 65.7 Å². The molecule has 0 radical (unpaired) electrons. The maximum Gasteiger partial charge on any atom is 0.408 e. The van der Waals surface area contributed by atoms with Crippen LogP contribution in [0.5, 0.6) is 0 Å². The van der Waals surface area contributed by atoms with E-state index in [0.29, 0.717) is 18.7 Å². The molecule has 0 aromatic heterocycles. The second-order valence-electron chi connectivity index (χ2n) is 7.81. The van der Waals surface area contributed by atoms with Crippen LogP contribution < -0.4 is 21.4 Å². The maximum atomic E-state index is 12.7. The Hall–Kier alpha value is -3.39. The van der Waals surface area contributed by atoms with E-state index in [-0.39, 0.29) is 18.3 Å². The summed E-state index contributed by atoms with van der Waals surface area (Å²) in [5.41, 5.74) is 7.24. The molecule has 0 fully saturated rings. The third-order valence-corrected chi connectivity index (χ3v) is 4.10. The number of anilines is 1. The summed E-state index contributed by atoms with van der Waals surface area (Å²) in [5, 5.41) is 11.7. The summed E-state index contributed by atoms with van der Waals surface area (Å²) in [4.78, 5) is 24.8.